The Labute approximate surface area is 436 Å². The summed E-state index contributed by atoms with van der Waals surface area (Å²) in [5, 5.41) is 4.76. The molecule has 3 saturated heterocycles. The molecule has 0 N–H and O–H groups in total. The normalized spacial score (nSPS) is 18.9. The standard InChI is InChI=1S/C61H78FN5O4Si2/c1-43(2)72(44(3)4,45(5)6)36-30-46-23-21-24-47-37-49(70-42-68-10)38-52(54(46)47)56-55(62)57-53(39-63-56)58(66-33-19-11-12-20-34-66)65-59(64-57)69-41-61-31-22-35-67(61)48(29-32-61)40-71-73(60(7,8)9,50-25-15-13-16-26-50)51-27-17-14-18-28-51/h13-18,21,23-28,37-39,43-45,48H,11-12,19-20,22,29,31-35,40-42H2,1-10H3/t48-,61-/m0/s1. The van der Waals surface area contributed by atoms with Gasteiger partial charge in [0.05, 0.1) is 17.5 Å². The predicted octanol–water partition coefficient (Wildman–Crippen LogP) is 12.9. The summed E-state index contributed by atoms with van der Waals surface area (Å²) in [7, 11) is -3.26. The van der Waals surface area contributed by atoms with Crippen LogP contribution < -0.4 is 24.7 Å². The van der Waals surface area contributed by atoms with Gasteiger partial charge in [0.1, 0.15) is 37.5 Å². The molecule has 9 nitrogen and oxygen atoms in total. The molecule has 5 heterocycles. The Kier molecular flexibility index (Phi) is 15.9. The molecule has 2 atom stereocenters. The van der Waals surface area contributed by atoms with Gasteiger partial charge < -0.3 is 23.5 Å². The second-order valence-corrected chi connectivity index (χ2v) is 32.8. The van der Waals surface area contributed by atoms with Crippen LogP contribution in [0.2, 0.25) is 21.7 Å². The van der Waals surface area contributed by atoms with Gasteiger partial charge in [-0.3, -0.25) is 9.88 Å². The van der Waals surface area contributed by atoms with Gasteiger partial charge in [0.15, 0.2) is 12.6 Å². The topological polar surface area (TPSA) is 82.1 Å². The van der Waals surface area contributed by atoms with E-state index in [4.69, 9.17) is 33.6 Å². The molecule has 73 heavy (non-hydrogen) atoms. The molecule has 0 bridgehead atoms. The zero-order chi connectivity index (χ0) is 51.5. The number of pyridine rings is 1. The van der Waals surface area contributed by atoms with Crippen molar-refractivity contribution in [1.29, 1.82) is 0 Å². The number of benzene rings is 4. The van der Waals surface area contributed by atoms with Gasteiger partial charge >= 0.3 is 6.01 Å². The molecule has 0 spiro atoms. The van der Waals surface area contributed by atoms with E-state index in [-0.39, 0.29) is 40.6 Å². The van der Waals surface area contributed by atoms with Crippen LogP contribution in [0.1, 0.15) is 119 Å². The summed E-state index contributed by atoms with van der Waals surface area (Å²) in [6.07, 6.45) is 10.2. The molecule has 0 aliphatic carbocycles. The molecule has 3 aliphatic rings. The van der Waals surface area contributed by atoms with Gasteiger partial charge in [-0.05, 0) is 101 Å². The van der Waals surface area contributed by atoms with E-state index in [0.717, 1.165) is 87.3 Å². The summed E-state index contributed by atoms with van der Waals surface area (Å²) in [6.45, 7) is 24.7. The van der Waals surface area contributed by atoms with Crippen LogP contribution >= 0.6 is 0 Å². The summed E-state index contributed by atoms with van der Waals surface area (Å²) >= 11 is 0. The molecule has 0 saturated carbocycles. The number of hydrogen-bond donors (Lipinski definition) is 0. The molecule has 9 rings (SSSR count). The number of rotatable bonds is 16. The molecule has 2 aromatic heterocycles. The molecule has 0 radical (unpaired) electrons. The minimum Gasteiger partial charge on any atom is -0.468 e. The summed E-state index contributed by atoms with van der Waals surface area (Å²) < 4.78 is 43.9. The van der Waals surface area contributed by atoms with Crippen LogP contribution in [-0.2, 0) is 9.16 Å². The fourth-order valence-electron chi connectivity index (χ4n) is 13.3. The van der Waals surface area contributed by atoms with Crippen LogP contribution in [0.5, 0.6) is 11.8 Å². The lowest BCUT2D eigenvalue weighted by atomic mass is 9.95. The first kappa shape index (κ1) is 52.7. The van der Waals surface area contributed by atoms with E-state index in [1.807, 2.05) is 24.3 Å². The minimum atomic E-state index is -2.74. The van der Waals surface area contributed by atoms with Crippen LogP contribution in [0.25, 0.3) is 32.9 Å². The number of nitrogens with zero attached hydrogens (tertiary/aromatic N) is 5. The lowest BCUT2D eigenvalue weighted by Crippen LogP contribution is -2.67. The molecule has 12 heteroatoms. The first-order valence-electron chi connectivity index (χ1n) is 27.1. The van der Waals surface area contributed by atoms with Crippen LogP contribution in [0.4, 0.5) is 10.2 Å². The molecule has 386 valence electrons. The van der Waals surface area contributed by atoms with E-state index in [9.17, 15) is 0 Å². The van der Waals surface area contributed by atoms with Crippen molar-refractivity contribution in [3.8, 4) is 34.5 Å². The molecule has 6 aromatic rings. The fourth-order valence-corrected chi connectivity index (χ4v) is 23.1. The SMILES string of the molecule is COCOc1cc(-c2ncc3c(N4CCCCCC4)nc(OC[C@@]45CCCN4[C@H](CO[Si](c4ccccc4)(c4ccccc4)C(C)(C)C)CC5)nc3c2F)c2c(C#C[Si](C(C)C)(C(C)C)C(C)C)cccc2c1. The maximum atomic E-state index is 18.1. The van der Waals surface area contributed by atoms with Gasteiger partial charge in [-0.2, -0.15) is 9.97 Å². The molecular formula is C61H78FN5O4Si2. The monoisotopic (exact) mass is 1020 g/mol. The van der Waals surface area contributed by atoms with E-state index in [1.54, 1.807) is 13.3 Å². The Morgan fingerprint density at radius 1 is 0.781 bits per heavy atom. The molecule has 0 amide bonds. The van der Waals surface area contributed by atoms with Gasteiger partial charge in [0.2, 0.25) is 0 Å². The third-order valence-electron chi connectivity index (χ3n) is 16.8. The highest BCUT2D eigenvalue weighted by Gasteiger charge is 2.54. The van der Waals surface area contributed by atoms with Crippen LogP contribution in [-0.4, -0.2) is 94.6 Å². The van der Waals surface area contributed by atoms with Crippen molar-refractivity contribution in [3.63, 3.8) is 0 Å². The second kappa shape index (κ2) is 22.0. The Bertz CT molecular complexity index is 2870. The van der Waals surface area contributed by atoms with Crippen molar-refractivity contribution in [2.45, 2.75) is 147 Å². The number of halogens is 1. The number of aromatic nitrogens is 3. The van der Waals surface area contributed by atoms with Crippen molar-refractivity contribution in [2.24, 2.45) is 0 Å². The summed E-state index contributed by atoms with van der Waals surface area (Å²) in [5.41, 5.74) is 6.91. The minimum absolute atomic E-state index is 0.0456. The molecule has 3 aliphatic heterocycles. The van der Waals surface area contributed by atoms with E-state index >= 15 is 4.39 Å². The number of methoxy groups -OCH3 is 1. The Hall–Kier alpha value is -5.17. The lowest BCUT2D eigenvalue weighted by molar-refractivity contribution is 0.0512. The van der Waals surface area contributed by atoms with Crippen LogP contribution in [0.15, 0.2) is 97.2 Å². The smallest absolute Gasteiger partial charge is 0.319 e. The van der Waals surface area contributed by atoms with Crippen molar-refractivity contribution in [3.05, 3.63) is 109 Å². The van der Waals surface area contributed by atoms with Crippen LogP contribution in [0, 0.1) is 17.3 Å². The lowest BCUT2D eigenvalue weighted by Gasteiger charge is -2.44. The second-order valence-electron chi connectivity index (χ2n) is 23.0. The van der Waals surface area contributed by atoms with Crippen molar-refractivity contribution in [1.82, 2.24) is 19.9 Å². The average molecular weight is 1020 g/mol. The van der Waals surface area contributed by atoms with Gasteiger partial charge in [-0.25, -0.2) is 4.39 Å². The number of anilines is 1. The van der Waals surface area contributed by atoms with Gasteiger partial charge in [-0.1, -0.05) is 154 Å². The van der Waals surface area contributed by atoms with Gasteiger partial charge in [0, 0.05) is 49.0 Å². The zero-order valence-electron chi connectivity index (χ0n) is 45.2. The number of ether oxygens (including phenoxy) is 3. The van der Waals surface area contributed by atoms with Crippen molar-refractivity contribution < 1.29 is 23.0 Å². The zero-order valence-corrected chi connectivity index (χ0v) is 47.2. The number of hydrogen-bond acceptors (Lipinski definition) is 9. The fraction of sp³-hybridized carbons (Fsp3) is 0.492. The molecule has 4 aromatic carbocycles. The first-order valence-corrected chi connectivity index (χ1v) is 31.3. The maximum absolute atomic E-state index is 18.1. The Morgan fingerprint density at radius 2 is 1.45 bits per heavy atom. The quantitative estimate of drug-likeness (QED) is 0.0535. The van der Waals surface area contributed by atoms with Crippen molar-refractivity contribution >= 4 is 54.3 Å². The molecule has 0 unspecified atom stereocenters. The predicted molar refractivity (Wildman–Crippen MR) is 302 cm³/mol. The summed E-state index contributed by atoms with van der Waals surface area (Å²) in [4.78, 5) is 20.1. The first-order chi connectivity index (χ1) is 35.1. The average Bonchev–Trinajstić information content (AvgIpc) is 3.82. The van der Waals surface area contributed by atoms with Crippen LogP contribution in [0.3, 0.4) is 0 Å². The number of fused-ring (bicyclic) bond motifs is 3. The van der Waals surface area contributed by atoms with E-state index in [2.05, 4.69) is 150 Å². The van der Waals surface area contributed by atoms with E-state index in [1.165, 1.54) is 10.4 Å². The largest absolute Gasteiger partial charge is 0.468 e. The molecule has 3 fully saturated rings. The highest BCUT2D eigenvalue weighted by Crippen LogP contribution is 2.46. The maximum Gasteiger partial charge on any atom is 0.319 e. The molecular weight excluding hydrogens is 942 g/mol. The van der Waals surface area contributed by atoms with Crippen molar-refractivity contribution in [2.75, 3.05) is 51.7 Å². The van der Waals surface area contributed by atoms with E-state index < -0.39 is 22.2 Å². The Morgan fingerprint density at radius 3 is 2.08 bits per heavy atom. The van der Waals surface area contributed by atoms with Gasteiger partial charge in [0.25, 0.3) is 8.32 Å². The van der Waals surface area contributed by atoms with Gasteiger partial charge in [-0.15, -0.1) is 5.54 Å². The third kappa shape index (κ3) is 10.1. The Balaban J connectivity index is 1.09. The summed E-state index contributed by atoms with van der Waals surface area (Å²) in [5.74, 6) is 4.41. The van der Waals surface area contributed by atoms with E-state index in [0.29, 0.717) is 52.4 Å². The highest BCUT2D eigenvalue weighted by molar-refractivity contribution is 6.99. The highest BCUT2D eigenvalue weighted by atomic mass is 28.4. The summed E-state index contributed by atoms with van der Waals surface area (Å²) in [6, 6.07) is 32.2. The third-order valence-corrected chi connectivity index (χ3v) is 28.1.